The molecule has 0 spiro atoms. The van der Waals surface area contributed by atoms with Crippen LogP contribution in [0.5, 0.6) is 5.75 Å². The maximum atomic E-state index is 5.72. The number of ether oxygens (including phenoxy) is 2. The van der Waals surface area contributed by atoms with Gasteiger partial charge in [0, 0.05) is 10.9 Å². The fourth-order valence-electron chi connectivity index (χ4n) is 1.81. The molecular formula is C12H18N4O2S. The van der Waals surface area contributed by atoms with Gasteiger partial charge in [0.1, 0.15) is 5.75 Å². The molecule has 19 heavy (non-hydrogen) atoms. The highest BCUT2D eigenvalue weighted by Crippen LogP contribution is 2.21. The molecule has 1 aromatic rings. The first kappa shape index (κ1) is 14.1. The van der Waals surface area contributed by atoms with Crippen LogP contribution in [0.4, 0.5) is 0 Å². The van der Waals surface area contributed by atoms with Crippen LogP contribution >= 0.6 is 11.8 Å². The van der Waals surface area contributed by atoms with Crippen LogP contribution in [0.1, 0.15) is 6.42 Å². The number of nitrogens with two attached hydrogens (primary N) is 1. The SMILES string of the molecule is CSc1cccc(OCC[C@H]2COC(N=NN)N2)c1. The average molecular weight is 282 g/mol. The second-order valence-corrected chi connectivity index (χ2v) is 4.98. The summed E-state index contributed by atoms with van der Waals surface area (Å²) in [5, 5.41) is 10.0. The Kier molecular flexibility index (Phi) is 5.44. The van der Waals surface area contributed by atoms with Gasteiger partial charge in [-0.15, -0.1) is 16.9 Å². The molecule has 1 aromatic carbocycles. The molecule has 2 rings (SSSR count). The van der Waals surface area contributed by atoms with Crippen molar-refractivity contribution in [3.8, 4) is 5.75 Å². The predicted octanol–water partition coefficient (Wildman–Crippen LogP) is 1.78. The van der Waals surface area contributed by atoms with Gasteiger partial charge in [-0.2, -0.15) is 0 Å². The summed E-state index contributed by atoms with van der Waals surface area (Å²) in [6, 6.07) is 8.28. The van der Waals surface area contributed by atoms with Gasteiger partial charge < -0.3 is 15.3 Å². The predicted molar refractivity (Wildman–Crippen MR) is 74.0 cm³/mol. The van der Waals surface area contributed by atoms with E-state index in [0.717, 1.165) is 12.2 Å². The van der Waals surface area contributed by atoms with Crippen molar-refractivity contribution in [3.05, 3.63) is 24.3 Å². The molecule has 104 valence electrons. The standard InChI is InChI=1S/C12H18N4O2S/c1-19-11-4-2-3-10(7-11)17-6-5-9-8-18-12(14-9)15-16-13/h2-4,7,9,12,14H,5-6,8H2,1H3,(H2,13,15)/t9-,12?/m0/s1. The normalized spacial score (nSPS) is 23.0. The lowest BCUT2D eigenvalue weighted by molar-refractivity contribution is 0.100. The van der Waals surface area contributed by atoms with Crippen molar-refractivity contribution >= 4 is 11.8 Å². The van der Waals surface area contributed by atoms with Gasteiger partial charge in [-0.05, 0) is 30.9 Å². The third-order valence-corrected chi connectivity index (χ3v) is 3.51. The molecule has 0 saturated carbocycles. The zero-order valence-electron chi connectivity index (χ0n) is 10.8. The van der Waals surface area contributed by atoms with E-state index in [4.69, 9.17) is 15.3 Å². The van der Waals surface area contributed by atoms with Crippen molar-refractivity contribution in [2.75, 3.05) is 19.5 Å². The molecular weight excluding hydrogens is 264 g/mol. The monoisotopic (exact) mass is 282 g/mol. The first-order chi connectivity index (χ1) is 9.31. The summed E-state index contributed by atoms with van der Waals surface area (Å²) >= 11 is 1.70. The van der Waals surface area contributed by atoms with Crippen LogP contribution in [-0.4, -0.2) is 31.9 Å². The zero-order chi connectivity index (χ0) is 13.5. The molecule has 2 atom stereocenters. The van der Waals surface area contributed by atoms with E-state index < -0.39 is 6.35 Å². The van der Waals surface area contributed by atoms with E-state index >= 15 is 0 Å². The van der Waals surface area contributed by atoms with E-state index in [1.165, 1.54) is 4.90 Å². The number of nitrogens with one attached hydrogen (secondary N) is 1. The van der Waals surface area contributed by atoms with Gasteiger partial charge in [-0.3, -0.25) is 5.32 Å². The highest BCUT2D eigenvalue weighted by atomic mass is 32.2. The van der Waals surface area contributed by atoms with Gasteiger partial charge in [-0.1, -0.05) is 11.3 Å². The van der Waals surface area contributed by atoms with Gasteiger partial charge in [0.2, 0.25) is 6.35 Å². The number of nitrogens with zero attached hydrogens (tertiary/aromatic N) is 2. The van der Waals surface area contributed by atoms with E-state index in [2.05, 4.69) is 21.7 Å². The summed E-state index contributed by atoms with van der Waals surface area (Å²) in [7, 11) is 0. The fraction of sp³-hybridized carbons (Fsp3) is 0.500. The molecule has 1 fully saturated rings. The lowest BCUT2D eigenvalue weighted by Gasteiger charge is -2.11. The summed E-state index contributed by atoms with van der Waals surface area (Å²) in [6.45, 7) is 1.23. The molecule has 1 aliphatic heterocycles. The van der Waals surface area contributed by atoms with Crippen molar-refractivity contribution in [2.24, 2.45) is 16.2 Å². The van der Waals surface area contributed by atoms with E-state index in [1.54, 1.807) is 11.8 Å². The topological polar surface area (TPSA) is 81.2 Å². The highest BCUT2D eigenvalue weighted by Gasteiger charge is 2.23. The molecule has 0 amide bonds. The first-order valence-electron chi connectivity index (χ1n) is 6.06. The quantitative estimate of drug-likeness (QED) is 0.360. The molecule has 7 heteroatoms. The lowest BCUT2D eigenvalue weighted by Crippen LogP contribution is -2.30. The Hall–Kier alpha value is -1.31. The van der Waals surface area contributed by atoms with Crippen LogP contribution in [0.3, 0.4) is 0 Å². The summed E-state index contributed by atoms with van der Waals surface area (Å²) in [6.07, 6.45) is 2.47. The highest BCUT2D eigenvalue weighted by molar-refractivity contribution is 7.98. The molecule has 3 N–H and O–H groups in total. The number of benzene rings is 1. The van der Waals surface area contributed by atoms with Crippen molar-refractivity contribution in [3.63, 3.8) is 0 Å². The Morgan fingerprint density at radius 2 is 2.47 bits per heavy atom. The summed E-state index contributed by atoms with van der Waals surface area (Å²) < 4.78 is 11.1. The third kappa shape index (κ3) is 4.38. The number of thioether (sulfide) groups is 1. The Morgan fingerprint density at radius 1 is 1.58 bits per heavy atom. The Labute approximate surface area is 116 Å². The van der Waals surface area contributed by atoms with E-state index in [-0.39, 0.29) is 6.04 Å². The molecule has 1 saturated heterocycles. The first-order valence-corrected chi connectivity index (χ1v) is 7.29. The van der Waals surface area contributed by atoms with E-state index in [9.17, 15) is 0 Å². The lowest BCUT2D eigenvalue weighted by atomic mass is 10.2. The van der Waals surface area contributed by atoms with Crippen molar-refractivity contribution in [1.82, 2.24) is 5.32 Å². The van der Waals surface area contributed by atoms with Gasteiger partial charge >= 0.3 is 0 Å². The fourth-order valence-corrected chi connectivity index (χ4v) is 2.26. The van der Waals surface area contributed by atoms with Gasteiger partial charge in [-0.25, -0.2) is 0 Å². The minimum absolute atomic E-state index is 0.222. The molecule has 1 aliphatic rings. The van der Waals surface area contributed by atoms with Crippen LogP contribution in [0.2, 0.25) is 0 Å². The van der Waals surface area contributed by atoms with Crippen molar-refractivity contribution in [2.45, 2.75) is 23.7 Å². The van der Waals surface area contributed by atoms with E-state index in [1.807, 2.05) is 24.5 Å². The Balaban J connectivity index is 1.72. The van der Waals surface area contributed by atoms with E-state index in [0.29, 0.717) is 13.2 Å². The second kappa shape index (κ2) is 7.32. The summed E-state index contributed by atoms with van der Waals surface area (Å²) in [5.41, 5.74) is 0. The molecule has 0 aliphatic carbocycles. The van der Waals surface area contributed by atoms with Crippen LogP contribution < -0.4 is 15.9 Å². The van der Waals surface area contributed by atoms with Crippen molar-refractivity contribution in [1.29, 1.82) is 0 Å². The molecule has 0 bridgehead atoms. The van der Waals surface area contributed by atoms with Gasteiger partial charge in [0.05, 0.1) is 13.2 Å². The number of hydrogen-bond donors (Lipinski definition) is 2. The number of rotatable bonds is 6. The zero-order valence-corrected chi connectivity index (χ0v) is 11.6. The minimum Gasteiger partial charge on any atom is -0.493 e. The average Bonchev–Trinajstić information content (AvgIpc) is 2.87. The molecule has 6 nitrogen and oxygen atoms in total. The molecule has 0 radical (unpaired) electrons. The Bertz CT molecular complexity index is 430. The van der Waals surface area contributed by atoms with Crippen molar-refractivity contribution < 1.29 is 9.47 Å². The summed E-state index contributed by atoms with van der Waals surface area (Å²) in [5.74, 6) is 5.86. The van der Waals surface area contributed by atoms with Gasteiger partial charge in [0.25, 0.3) is 0 Å². The second-order valence-electron chi connectivity index (χ2n) is 4.10. The molecule has 0 aromatic heterocycles. The minimum atomic E-state index is -0.421. The maximum absolute atomic E-state index is 5.72. The molecule has 1 heterocycles. The van der Waals surface area contributed by atoms with Crippen LogP contribution in [-0.2, 0) is 4.74 Å². The van der Waals surface area contributed by atoms with Crippen LogP contribution in [0.15, 0.2) is 39.5 Å². The van der Waals surface area contributed by atoms with Crippen LogP contribution in [0.25, 0.3) is 0 Å². The number of hydrogen-bond acceptors (Lipinski definition) is 6. The maximum Gasteiger partial charge on any atom is 0.226 e. The Morgan fingerprint density at radius 3 is 3.26 bits per heavy atom. The summed E-state index contributed by atoms with van der Waals surface area (Å²) in [4.78, 5) is 1.20. The third-order valence-electron chi connectivity index (χ3n) is 2.78. The smallest absolute Gasteiger partial charge is 0.226 e. The molecule has 1 unspecified atom stereocenters. The largest absolute Gasteiger partial charge is 0.493 e. The van der Waals surface area contributed by atoms with Gasteiger partial charge in [0.15, 0.2) is 0 Å². The van der Waals surface area contributed by atoms with Crippen LogP contribution in [0, 0.1) is 0 Å².